The molecule has 92 valence electrons. The lowest BCUT2D eigenvalue weighted by Gasteiger charge is -2.30. The fraction of sp³-hybridized carbons (Fsp3) is 0.867. The van der Waals surface area contributed by atoms with E-state index in [1.54, 1.807) is 0 Å². The van der Waals surface area contributed by atoms with Gasteiger partial charge in [0.2, 0.25) is 0 Å². The molecule has 1 saturated carbocycles. The molecule has 0 radical (unpaired) electrons. The van der Waals surface area contributed by atoms with Crippen molar-refractivity contribution >= 4 is 0 Å². The van der Waals surface area contributed by atoms with Gasteiger partial charge in [-0.1, -0.05) is 38.5 Å². The molecule has 0 bridgehead atoms. The third kappa shape index (κ3) is 4.58. The molecular formula is C15H26O. The lowest BCUT2D eigenvalue weighted by atomic mass is 9.85. The Kier molecular flexibility index (Phi) is 6.57. The van der Waals surface area contributed by atoms with E-state index in [2.05, 4.69) is 18.8 Å². The third-order valence-electron chi connectivity index (χ3n) is 3.52. The van der Waals surface area contributed by atoms with Crippen LogP contribution in [0.4, 0.5) is 0 Å². The van der Waals surface area contributed by atoms with Gasteiger partial charge in [-0.2, -0.15) is 0 Å². The van der Waals surface area contributed by atoms with Crippen molar-refractivity contribution in [3.8, 4) is 11.8 Å². The molecular weight excluding hydrogens is 196 g/mol. The van der Waals surface area contributed by atoms with Gasteiger partial charge < -0.3 is 4.74 Å². The van der Waals surface area contributed by atoms with Crippen molar-refractivity contribution in [1.82, 2.24) is 0 Å². The maximum absolute atomic E-state index is 5.63. The molecule has 0 aromatic rings. The Bertz CT molecular complexity index is 228. The molecule has 0 aromatic carbocycles. The highest BCUT2D eigenvalue weighted by molar-refractivity contribution is 5.15. The minimum absolute atomic E-state index is 0.0942. The van der Waals surface area contributed by atoms with E-state index in [0.29, 0.717) is 0 Å². The number of methoxy groups -OCH3 is 1. The van der Waals surface area contributed by atoms with E-state index in [9.17, 15) is 0 Å². The number of hydrogen-bond acceptors (Lipinski definition) is 1. The Morgan fingerprint density at radius 1 is 1.06 bits per heavy atom. The molecule has 0 unspecified atom stereocenters. The molecule has 1 nitrogen and oxygen atoms in total. The summed E-state index contributed by atoms with van der Waals surface area (Å²) in [4.78, 5) is 0. The second-order valence-corrected chi connectivity index (χ2v) is 4.87. The number of ether oxygens (including phenoxy) is 1. The van der Waals surface area contributed by atoms with Gasteiger partial charge in [0.25, 0.3) is 0 Å². The first-order valence-corrected chi connectivity index (χ1v) is 6.88. The smallest absolute Gasteiger partial charge is 0.128 e. The van der Waals surface area contributed by atoms with Gasteiger partial charge in [-0.25, -0.2) is 0 Å². The van der Waals surface area contributed by atoms with E-state index in [0.717, 1.165) is 19.3 Å². The molecule has 0 amide bonds. The lowest BCUT2D eigenvalue weighted by molar-refractivity contribution is 0.0103. The largest absolute Gasteiger partial charge is 0.366 e. The minimum atomic E-state index is -0.0942. The predicted molar refractivity (Wildman–Crippen MR) is 69.4 cm³/mol. The van der Waals surface area contributed by atoms with E-state index >= 15 is 0 Å². The summed E-state index contributed by atoms with van der Waals surface area (Å²) in [6.07, 6.45) is 12.4. The van der Waals surface area contributed by atoms with Crippen molar-refractivity contribution in [3.05, 3.63) is 0 Å². The van der Waals surface area contributed by atoms with Crippen LogP contribution >= 0.6 is 0 Å². The second-order valence-electron chi connectivity index (χ2n) is 4.87. The minimum Gasteiger partial charge on any atom is -0.366 e. The van der Waals surface area contributed by atoms with Gasteiger partial charge in [0.1, 0.15) is 5.60 Å². The summed E-state index contributed by atoms with van der Waals surface area (Å²) in [7, 11) is 1.82. The SMILES string of the molecule is CCCCCCC#CC1(OC)CCCCC1. The summed E-state index contributed by atoms with van der Waals surface area (Å²) >= 11 is 0. The number of hydrogen-bond donors (Lipinski definition) is 0. The van der Waals surface area contributed by atoms with Crippen molar-refractivity contribution in [2.45, 2.75) is 76.7 Å². The highest BCUT2D eigenvalue weighted by Crippen LogP contribution is 2.30. The number of unbranched alkanes of at least 4 members (excludes halogenated alkanes) is 4. The van der Waals surface area contributed by atoms with Crippen LogP contribution in [0.25, 0.3) is 0 Å². The molecule has 1 fully saturated rings. The van der Waals surface area contributed by atoms with Crippen LogP contribution in [-0.2, 0) is 4.74 Å². The predicted octanol–water partition coefficient (Wildman–Crippen LogP) is 4.31. The fourth-order valence-electron chi connectivity index (χ4n) is 2.37. The van der Waals surface area contributed by atoms with Crippen molar-refractivity contribution in [1.29, 1.82) is 0 Å². The topological polar surface area (TPSA) is 9.23 Å². The zero-order chi connectivity index (χ0) is 11.7. The second kappa shape index (κ2) is 7.74. The molecule has 1 aliphatic carbocycles. The van der Waals surface area contributed by atoms with Crippen LogP contribution in [0.2, 0.25) is 0 Å². The zero-order valence-corrected chi connectivity index (χ0v) is 11.0. The molecule has 0 saturated heterocycles. The van der Waals surface area contributed by atoms with Crippen molar-refractivity contribution in [3.63, 3.8) is 0 Å². The zero-order valence-electron chi connectivity index (χ0n) is 11.0. The fourth-order valence-corrected chi connectivity index (χ4v) is 2.37. The maximum atomic E-state index is 5.63. The highest BCUT2D eigenvalue weighted by Gasteiger charge is 2.29. The Balaban J connectivity index is 2.28. The van der Waals surface area contributed by atoms with Gasteiger partial charge in [-0.15, -0.1) is 5.92 Å². The lowest BCUT2D eigenvalue weighted by Crippen LogP contribution is -2.32. The van der Waals surface area contributed by atoms with Crippen molar-refractivity contribution in [2.24, 2.45) is 0 Å². The van der Waals surface area contributed by atoms with Crippen LogP contribution in [0.5, 0.6) is 0 Å². The van der Waals surface area contributed by atoms with Gasteiger partial charge in [0.05, 0.1) is 0 Å². The van der Waals surface area contributed by atoms with E-state index in [1.165, 1.54) is 44.9 Å². The van der Waals surface area contributed by atoms with E-state index < -0.39 is 0 Å². The summed E-state index contributed by atoms with van der Waals surface area (Å²) in [5.74, 6) is 6.72. The monoisotopic (exact) mass is 222 g/mol. The van der Waals surface area contributed by atoms with Gasteiger partial charge in [0, 0.05) is 13.5 Å². The third-order valence-corrected chi connectivity index (χ3v) is 3.52. The molecule has 0 atom stereocenters. The van der Waals surface area contributed by atoms with E-state index in [-0.39, 0.29) is 5.60 Å². The molecule has 0 heterocycles. The average Bonchev–Trinajstić information content (AvgIpc) is 2.35. The Morgan fingerprint density at radius 2 is 1.81 bits per heavy atom. The average molecular weight is 222 g/mol. The summed E-state index contributed by atoms with van der Waals surface area (Å²) in [6.45, 7) is 2.24. The molecule has 0 aromatic heterocycles. The molecule has 1 heteroatoms. The van der Waals surface area contributed by atoms with Gasteiger partial charge in [-0.05, 0) is 32.1 Å². The summed E-state index contributed by atoms with van der Waals surface area (Å²) < 4.78 is 5.63. The Hall–Kier alpha value is -0.480. The first-order valence-electron chi connectivity index (χ1n) is 6.88. The van der Waals surface area contributed by atoms with Gasteiger partial charge >= 0.3 is 0 Å². The van der Waals surface area contributed by atoms with Crippen molar-refractivity contribution in [2.75, 3.05) is 7.11 Å². The standard InChI is InChI=1S/C15H26O/c1-3-4-5-6-7-9-12-15(16-2)13-10-8-11-14-15/h3-8,10-11,13-14H2,1-2H3. The summed E-state index contributed by atoms with van der Waals surface area (Å²) in [6, 6.07) is 0. The molecule has 1 aliphatic rings. The first kappa shape index (κ1) is 13.6. The van der Waals surface area contributed by atoms with Crippen LogP contribution in [0.1, 0.15) is 71.1 Å². The first-order chi connectivity index (χ1) is 7.83. The summed E-state index contributed by atoms with van der Waals surface area (Å²) in [5, 5.41) is 0. The van der Waals surface area contributed by atoms with Crippen LogP contribution in [0.3, 0.4) is 0 Å². The quantitative estimate of drug-likeness (QED) is 0.497. The number of rotatable bonds is 5. The Labute approximate surface area is 101 Å². The highest BCUT2D eigenvalue weighted by atomic mass is 16.5. The molecule has 0 spiro atoms. The molecule has 0 aliphatic heterocycles. The molecule has 1 rings (SSSR count). The van der Waals surface area contributed by atoms with E-state index in [4.69, 9.17) is 4.74 Å². The van der Waals surface area contributed by atoms with Crippen LogP contribution in [0, 0.1) is 11.8 Å². The van der Waals surface area contributed by atoms with E-state index in [1.807, 2.05) is 7.11 Å². The maximum Gasteiger partial charge on any atom is 0.128 e. The van der Waals surface area contributed by atoms with Crippen LogP contribution < -0.4 is 0 Å². The Morgan fingerprint density at radius 3 is 2.44 bits per heavy atom. The van der Waals surface area contributed by atoms with Crippen LogP contribution in [-0.4, -0.2) is 12.7 Å². The van der Waals surface area contributed by atoms with Crippen LogP contribution in [0.15, 0.2) is 0 Å². The normalized spacial score (nSPS) is 18.9. The van der Waals surface area contributed by atoms with Gasteiger partial charge in [0.15, 0.2) is 0 Å². The molecule has 0 N–H and O–H groups in total. The summed E-state index contributed by atoms with van der Waals surface area (Å²) in [5.41, 5.74) is -0.0942. The van der Waals surface area contributed by atoms with Gasteiger partial charge in [-0.3, -0.25) is 0 Å². The van der Waals surface area contributed by atoms with Crippen molar-refractivity contribution < 1.29 is 4.74 Å². The molecule has 16 heavy (non-hydrogen) atoms.